The van der Waals surface area contributed by atoms with Crippen LogP contribution in [-0.2, 0) is 28.8 Å². The van der Waals surface area contributed by atoms with Crippen LogP contribution in [0.4, 0.5) is 5.13 Å². The fourth-order valence-corrected chi connectivity index (χ4v) is 6.12. The summed E-state index contributed by atoms with van der Waals surface area (Å²) >= 11 is 2.39. The second-order valence-corrected chi connectivity index (χ2v) is 10.4. The van der Waals surface area contributed by atoms with Crippen molar-refractivity contribution >= 4 is 57.7 Å². The molecule has 0 bridgehead atoms. The number of hydrogen-bond acceptors (Lipinski definition) is 12. The van der Waals surface area contributed by atoms with Gasteiger partial charge in [-0.05, 0) is 31.8 Å². The highest BCUT2D eigenvalue weighted by atomic mass is 32.2. The first-order chi connectivity index (χ1) is 17.3. The molecule has 194 valence electrons. The lowest BCUT2D eigenvalue weighted by Crippen LogP contribution is -2.71. The second kappa shape index (κ2) is 11.3. The number of carbonyl (C=O) groups is 4. The van der Waals surface area contributed by atoms with E-state index < -0.39 is 29.2 Å². The normalized spacial score (nSPS) is 22.5. The van der Waals surface area contributed by atoms with Gasteiger partial charge in [0.2, 0.25) is 0 Å². The van der Waals surface area contributed by atoms with E-state index in [1.165, 1.54) is 24.3 Å². The maximum Gasteiger partial charge on any atom is 0.352 e. The maximum absolute atomic E-state index is 12.9. The molecule has 0 aromatic carbocycles. The van der Waals surface area contributed by atoms with E-state index in [1.807, 2.05) is 0 Å². The Labute approximate surface area is 214 Å². The van der Waals surface area contributed by atoms with Gasteiger partial charge in [0, 0.05) is 23.1 Å². The molecule has 2 amide bonds. The van der Waals surface area contributed by atoms with E-state index in [2.05, 4.69) is 20.8 Å². The quantitative estimate of drug-likeness (QED) is 0.141. The number of nitrogens with zero attached hydrogens (tertiary/aromatic N) is 3. The average molecular weight is 539 g/mol. The first-order valence-electron chi connectivity index (χ1n) is 11.2. The van der Waals surface area contributed by atoms with Crippen molar-refractivity contribution in [2.45, 2.75) is 30.7 Å². The van der Waals surface area contributed by atoms with Crippen molar-refractivity contribution in [2.75, 3.05) is 38.3 Å². The lowest BCUT2D eigenvalue weighted by atomic mass is 9.95. The van der Waals surface area contributed by atoms with Crippen molar-refractivity contribution in [1.82, 2.24) is 20.5 Å². The minimum atomic E-state index is -1.30. The number of β-lactam (4-membered cyclic amide) rings is 1. The fourth-order valence-electron chi connectivity index (χ4n) is 4.24. The third kappa shape index (κ3) is 5.47. The molecule has 4 heterocycles. The number of carboxylic acids is 1. The Morgan fingerprint density at radius 1 is 1.36 bits per heavy atom. The Morgan fingerprint density at radius 2 is 2.11 bits per heavy atom. The number of carbonyl (C=O) groups excluding carboxylic acids is 3. The highest BCUT2D eigenvalue weighted by Gasteiger charge is 2.54. The first kappa shape index (κ1) is 25.9. The van der Waals surface area contributed by atoms with Gasteiger partial charge in [0.1, 0.15) is 36.5 Å². The number of nitrogens with two attached hydrogens (primary N) is 1. The molecule has 36 heavy (non-hydrogen) atoms. The Kier molecular flexibility index (Phi) is 8.11. The van der Waals surface area contributed by atoms with Gasteiger partial charge in [-0.25, -0.2) is 9.78 Å². The first-order valence-corrected chi connectivity index (χ1v) is 13.1. The highest BCUT2D eigenvalue weighted by Crippen LogP contribution is 2.40. The van der Waals surface area contributed by atoms with E-state index >= 15 is 0 Å². The van der Waals surface area contributed by atoms with Gasteiger partial charge < -0.3 is 31.0 Å². The van der Waals surface area contributed by atoms with E-state index in [1.54, 1.807) is 0 Å². The van der Waals surface area contributed by atoms with Crippen LogP contribution in [0.15, 0.2) is 21.8 Å². The molecule has 1 aromatic rings. The molecule has 0 radical (unpaired) electrons. The molecule has 3 aliphatic rings. The highest BCUT2D eigenvalue weighted by molar-refractivity contribution is 8.00. The minimum Gasteiger partial charge on any atom is -0.477 e. The predicted molar refractivity (Wildman–Crippen MR) is 131 cm³/mol. The molecule has 15 heteroatoms. The zero-order valence-electron chi connectivity index (χ0n) is 19.4. The monoisotopic (exact) mass is 538 g/mol. The number of oxime groups is 1. The number of thioether (sulfide) groups is 1. The predicted octanol–water partition coefficient (Wildman–Crippen LogP) is -0.253. The molecule has 4 rings (SSSR count). The number of thiazole rings is 1. The summed E-state index contributed by atoms with van der Waals surface area (Å²) in [4.78, 5) is 59.9. The standard InChI is InChI=1S/C21H26N6O7S2/c1-33-26-14(12-9-36-21(22)24-12)17(29)25-15-18(30)27-16(20(31)32)11(8-35-19(15)27)7-34-13(28)6-10-2-4-23-5-3-10/h9-10,15,19,23H,2-8H2,1H3,(H2,22,24)(H,25,29)(H,31,32)/b26-14+/t15-,19-/m1/s1. The van der Waals surface area contributed by atoms with Gasteiger partial charge in [0.25, 0.3) is 11.8 Å². The van der Waals surface area contributed by atoms with E-state index in [9.17, 15) is 24.3 Å². The zero-order chi connectivity index (χ0) is 25.8. The van der Waals surface area contributed by atoms with Crippen molar-refractivity contribution in [1.29, 1.82) is 0 Å². The molecule has 2 saturated heterocycles. The molecular weight excluding hydrogens is 512 g/mol. The summed E-state index contributed by atoms with van der Waals surface area (Å²) in [6.45, 7) is 1.51. The van der Waals surface area contributed by atoms with Gasteiger partial charge >= 0.3 is 11.9 Å². The van der Waals surface area contributed by atoms with E-state index in [0.29, 0.717) is 5.57 Å². The lowest BCUT2D eigenvalue weighted by molar-refractivity contribution is -0.150. The summed E-state index contributed by atoms with van der Waals surface area (Å²) in [6.07, 6.45) is 2.05. The van der Waals surface area contributed by atoms with Crippen molar-refractivity contribution < 1.29 is 33.9 Å². The fraction of sp³-hybridized carbons (Fsp3) is 0.524. The summed E-state index contributed by atoms with van der Waals surface area (Å²) in [5, 5.41) is 20.4. The number of hydrogen-bond donors (Lipinski definition) is 4. The smallest absolute Gasteiger partial charge is 0.352 e. The molecule has 13 nitrogen and oxygen atoms in total. The van der Waals surface area contributed by atoms with Crippen molar-refractivity contribution in [3.05, 3.63) is 22.3 Å². The number of nitrogen functional groups attached to an aromatic ring is 1. The number of fused-ring (bicyclic) bond motifs is 1. The Hall–Kier alpha value is -3.17. The van der Waals surface area contributed by atoms with Crippen LogP contribution >= 0.6 is 23.1 Å². The van der Waals surface area contributed by atoms with Crippen molar-refractivity contribution in [3.63, 3.8) is 0 Å². The van der Waals surface area contributed by atoms with Crippen molar-refractivity contribution in [2.24, 2.45) is 11.1 Å². The summed E-state index contributed by atoms with van der Waals surface area (Å²) in [5.74, 6) is -2.53. The van der Waals surface area contributed by atoms with E-state index in [4.69, 9.17) is 15.3 Å². The van der Waals surface area contributed by atoms with Crippen LogP contribution in [0.5, 0.6) is 0 Å². The summed E-state index contributed by atoms with van der Waals surface area (Å²) < 4.78 is 5.36. The van der Waals surface area contributed by atoms with E-state index in [-0.39, 0.29) is 52.9 Å². The maximum atomic E-state index is 12.9. The SMILES string of the molecule is CO/N=C(/C(=O)N[C@@H]1C(=O)N2C(C(=O)O)=C(COC(=O)CC3CCNCC3)CS[C@H]12)c1csc(N)n1. The third-order valence-corrected chi connectivity index (χ3v) is 8.03. The number of aromatic nitrogens is 1. The van der Waals surface area contributed by atoms with Crippen LogP contribution in [-0.4, -0.2) is 88.4 Å². The topological polar surface area (TPSA) is 186 Å². The number of ether oxygens (including phenoxy) is 1. The Morgan fingerprint density at radius 3 is 2.75 bits per heavy atom. The average Bonchev–Trinajstić information content (AvgIpc) is 3.29. The van der Waals surface area contributed by atoms with Gasteiger partial charge in [0.15, 0.2) is 10.8 Å². The number of aliphatic carboxylic acids is 1. The van der Waals surface area contributed by atoms with Gasteiger partial charge in [-0.3, -0.25) is 19.3 Å². The molecule has 0 saturated carbocycles. The third-order valence-electron chi connectivity index (χ3n) is 6.02. The molecule has 3 aliphatic heterocycles. The van der Waals surface area contributed by atoms with Crippen LogP contribution in [0.2, 0.25) is 0 Å². The van der Waals surface area contributed by atoms with Crippen LogP contribution in [0, 0.1) is 5.92 Å². The zero-order valence-corrected chi connectivity index (χ0v) is 21.0. The Balaban J connectivity index is 1.41. The van der Waals surface area contributed by atoms with Gasteiger partial charge in [-0.1, -0.05) is 5.16 Å². The van der Waals surface area contributed by atoms with Crippen LogP contribution < -0.4 is 16.4 Å². The molecule has 2 atom stereocenters. The molecule has 2 fully saturated rings. The lowest BCUT2D eigenvalue weighted by Gasteiger charge is -2.49. The van der Waals surface area contributed by atoms with Crippen LogP contribution in [0.3, 0.4) is 0 Å². The number of piperidine rings is 1. The van der Waals surface area contributed by atoms with E-state index in [0.717, 1.165) is 42.2 Å². The van der Waals surface area contributed by atoms with Crippen LogP contribution in [0.25, 0.3) is 0 Å². The molecule has 0 aliphatic carbocycles. The second-order valence-electron chi connectivity index (χ2n) is 8.37. The number of carboxylic acid groups (broad SMARTS) is 1. The number of rotatable bonds is 9. The number of nitrogens with one attached hydrogen (secondary N) is 2. The summed E-state index contributed by atoms with van der Waals surface area (Å²) in [5.41, 5.74) is 5.77. The number of anilines is 1. The Bertz CT molecular complexity index is 1110. The molecule has 0 spiro atoms. The largest absolute Gasteiger partial charge is 0.477 e. The molecule has 1 aromatic heterocycles. The summed E-state index contributed by atoms with van der Waals surface area (Å²) in [6, 6.07) is -0.973. The van der Waals surface area contributed by atoms with Crippen LogP contribution in [0.1, 0.15) is 25.0 Å². The van der Waals surface area contributed by atoms with Gasteiger partial charge in [-0.15, -0.1) is 23.1 Å². The molecule has 0 unspecified atom stereocenters. The molecular formula is C21H26N6O7S2. The molecule has 5 N–H and O–H groups in total. The van der Waals surface area contributed by atoms with Crippen molar-refractivity contribution in [3.8, 4) is 0 Å². The van der Waals surface area contributed by atoms with Gasteiger partial charge in [0.05, 0.1) is 0 Å². The number of esters is 1. The van der Waals surface area contributed by atoms with Gasteiger partial charge in [-0.2, -0.15) is 0 Å². The summed E-state index contributed by atoms with van der Waals surface area (Å²) in [7, 11) is 1.26. The number of amides is 2. The minimum absolute atomic E-state index is 0.159.